The molecule has 0 aliphatic heterocycles. The van der Waals surface area contributed by atoms with Crippen LogP contribution in [0.3, 0.4) is 0 Å². The molecule has 0 unspecified atom stereocenters. The van der Waals surface area contributed by atoms with Gasteiger partial charge in [0.1, 0.15) is 5.75 Å². The lowest BCUT2D eigenvalue weighted by Gasteiger charge is -2.12. The van der Waals surface area contributed by atoms with Gasteiger partial charge in [-0.2, -0.15) is 0 Å². The van der Waals surface area contributed by atoms with Crippen LogP contribution in [-0.2, 0) is 16.0 Å². The predicted molar refractivity (Wildman–Crippen MR) is 62.9 cm³/mol. The van der Waals surface area contributed by atoms with Crippen LogP contribution in [0, 0.1) is 13.8 Å². The third-order valence-electron chi connectivity index (χ3n) is 2.62. The minimum absolute atomic E-state index is 0.214. The zero-order valence-corrected chi connectivity index (χ0v) is 10.4. The Morgan fingerprint density at radius 1 is 1.50 bits per heavy atom. The van der Waals surface area contributed by atoms with Crippen LogP contribution in [0.5, 0.6) is 5.75 Å². The van der Waals surface area contributed by atoms with Crippen LogP contribution in [0.2, 0.25) is 5.02 Å². The van der Waals surface area contributed by atoms with Crippen molar-refractivity contribution in [3.63, 3.8) is 0 Å². The molecule has 0 aliphatic carbocycles. The highest BCUT2D eigenvalue weighted by Crippen LogP contribution is 2.31. The summed E-state index contributed by atoms with van der Waals surface area (Å²) in [6.07, 6.45) is 0.677. The van der Waals surface area contributed by atoms with Crippen molar-refractivity contribution in [3.8, 4) is 5.75 Å². The molecule has 0 spiro atoms. The summed E-state index contributed by atoms with van der Waals surface area (Å²) in [5, 5.41) is 10.5. The molecule has 0 aromatic heterocycles. The standard InChI is InChI=1S/C12H15ClO3/c1-7-6-10(13)8(2)9(12(7)15)4-5-11(14)16-3/h6,15H,4-5H2,1-3H3. The Bertz CT molecular complexity index is 387. The second-order valence-electron chi connectivity index (χ2n) is 3.70. The maximum Gasteiger partial charge on any atom is 0.305 e. The van der Waals surface area contributed by atoms with Crippen molar-refractivity contribution in [1.82, 2.24) is 0 Å². The minimum atomic E-state index is -0.295. The van der Waals surface area contributed by atoms with Gasteiger partial charge in [0.15, 0.2) is 0 Å². The van der Waals surface area contributed by atoms with Crippen molar-refractivity contribution in [3.05, 3.63) is 27.8 Å². The van der Waals surface area contributed by atoms with Crippen molar-refractivity contribution in [2.24, 2.45) is 0 Å². The van der Waals surface area contributed by atoms with Gasteiger partial charge in [0, 0.05) is 11.4 Å². The van der Waals surface area contributed by atoms with Gasteiger partial charge in [0.2, 0.25) is 0 Å². The first-order chi connectivity index (χ1) is 7.47. The molecule has 1 rings (SSSR count). The molecule has 0 fully saturated rings. The molecule has 0 bridgehead atoms. The van der Waals surface area contributed by atoms with Crippen LogP contribution in [0.15, 0.2) is 6.07 Å². The molecule has 0 saturated heterocycles. The number of carbonyl (C=O) groups excluding carboxylic acids is 1. The first-order valence-corrected chi connectivity index (χ1v) is 5.39. The van der Waals surface area contributed by atoms with E-state index in [0.29, 0.717) is 11.4 Å². The summed E-state index contributed by atoms with van der Waals surface area (Å²) in [6.45, 7) is 3.61. The van der Waals surface area contributed by atoms with E-state index in [1.165, 1.54) is 7.11 Å². The van der Waals surface area contributed by atoms with Crippen molar-refractivity contribution in [2.75, 3.05) is 7.11 Å². The molecule has 88 valence electrons. The van der Waals surface area contributed by atoms with E-state index in [1.807, 2.05) is 6.92 Å². The predicted octanol–water partition coefficient (Wildman–Crippen LogP) is 2.77. The van der Waals surface area contributed by atoms with E-state index in [4.69, 9.17) is 11.6 Å². The second kappa shape index (κ2) is 5.21. The van der Waals surface area contributed by atoms with E-state index in [0.717, 1.165) is 16.7 Å². The topological polar surface area (TPSA) is 46.5 Å². The first-order valence-electron chi connectivity index (χ1n) is 5.01. The molecule has 0 radical (unpaired) electrons. The van der Waals surface area contributed by atoms with Crippen LogP contribution in [0.1, 0.15) is 23.1 Å². The third kappa shape index (κ3) is 2.67. The maximum absolute atomic E-state index is 11.0. The number of rotatable bonds is 3. The van der Waals surface area contributed by atoms with Crippen molar-refractivity contribution >= 4 is 17.6 Å². The fraction of sp³-hybridized carbons (Fsp3) is 0.417. The average Bonchev–Trinajstić information content (AvgIpc) is 2.26. The van der Waals surface area contributed by atoms with Crippen LogP contribution in [0.25, 0.3) is 0 Å². The molecular weight excluding hydrogens is 228 g/mol. The van der Waals surface area contributed by atoms with Crippen molar-refractivity contribution < 1.29 is 14.6 Å². The van der Waals surface area contributed by atoms with Crippen LogP contribution >= 0.6 is 11.6 Å². The normalized spacial score (nSPS) is 10.2. The lowest BCUT2D eigenvalue weighted by atomic mass is 9.99. The monoisotopic (exact) mass is 242 g/mol. The second-order valence-corrected chi connectivity index (χ2v) is 4.11. The summed E-state index contributed by atoms with van der Waals surface area (Å²) in [6, 6.07) is 1.72. The molecule has 0 atom stereocenters. The van der Waals surface area contributed by atoms with Gasteiger partial charge in [0.25, 0.3) is 0 Å². The third-order valence-corrected chi connectivity index (χ3v) is 3.01. The Morgan fingerprint density at radius 2 is 2.12 bits per heavy atom. The first kappa shape index (κ1) is 12.8. The highest BCUT2D eigenvalue weighted by molar-refractivity contribution is 6.31. The quantitative estimate of drug-likeness (QED) is 0.829. The number of hydrogen-bond donors (Lipinski definition) is 1. The lowest BCUT2D eigenvalue weighted by Crippen LogP contribution is -2.03. The van der Waals surface area contributed by atoms with E-state index in [2.05, 4.69) is 4.74 Å². The van der Waals surface area contributed by atoms with E-state index in [-0.39, 0.29) is 18.1 Å². The van der Waals surface area contributed by atoms with Gasteiger partial charge in [-0.15, -0.1) is 0 Å². The number of halogens is 1. The summed E-state index contributed by atoms with van der Waals surface area (Å²) in [4.78, 5) is 11.0. The van der Waals surface area contributed by atoms with E-state index >= 15 is 0 Å². The summed E-state index contributed by atoms with van der Waals surface area (Å²) >= 11 is 6.01. The van der Waals surface area contributed by atoms with Crippen LogP contribution in [0.4, 0.5) is 0 Å². The summed E-state index contributed by atoms with van der Waals surface area (Å²) < 4.78 is 4.56. The van der Waals surface area contributed by atoms with Crippen LogP contribution < -0.4 is 0 Å². The molecule has 3 nitrogen and oxygen atoms in total. The van der Waals surface area contributed by atoms with Gasteiger partial charge < -0.3 is 9.84 Å². The fourth-order valence-electron chi connectivity index (χ4n) is 1.56. The number of phenols is 1. The molecule has 1 aromatic rings. The van der Waals surface area contributed by atoms with E-state index in [1.54, 1.807) is 13.0 Å². The smallest absolute Gasteiger partial charge is 0.305 e. The largest absolute Gasteiger partial charge is 0.507 e. The van der Waals surface area contributed by atoms with Gasteiger partial charge in [-0.25, -0.2) is 0 Å². The number of phenolic OH excluding ortho intramolecular Hbond substituents is 1. The SMILES string of the molecule is COC(=O)CCc1c(C)c(Cl)cc(C)c1O. The highest BCUT2D eigenvalue weighted by atomic mass is 35.5. The highest BCUT2D eigenvalue weighted by Gasteiger charge is 2.13. The maximum atomic E-state index is 11.0. The number of ether oxygens (including phenoxy) is 1. The van der Waals surface area contributed by atoms with Crippen LogP contribution in [-0.4, -0.2) is 18.2 Å². The molecular formula is C12H15ClO3. The average molecular weight is 243 g/mol. The van der Waals surface area contributed by atoms with Gasteiger partial charge >= 0.3 is 5.97 Å². The van der Waals surface area contributed by atoms with Gasteiger partial charge in [-0.1, -0.05) is 11.6 Å². The summed E-state index contributed by atoms with van der Waals surface area (Å²) in [5.74, 6) is -0.0813. The zero-order valence-electron chi connectivity index (χ0n) is 9.63. The zero-order chi connectivity index (χ0) is 12.3. The Balaban J connectivity index is 2.99. The summed E-state index contributed by atoms with van der Waals surface area (Å²) in [7, 11) is 1.35. The Labute approximate surface area is 100.0 Å². The lowest BCUT2D eigenvalue weighted by molar-refractivity contribution is -0.140. The number of aromatic hydroxyl groups is 1. The minimum Gasteiger partial charge on any atom is -0.507 e. The molecule has 0 amide bonds. The number of esters is 1. The molecule has 0 heterocycles. The number of methoxy groups -OCH3 is 1. The van der Waals surface area contributed by atoms with E-state index < -0.39 is 0 Å². The van der Waals surface area contributed by atoms with Crippen molar-refractivity contribution in [1.29, 1.82) is 0 Å². The Kier molecular flexibility index (Phi) is 4.19. The number of benzene rings is 1. The molecule has 1 N–H and O–H groups in total. The van der Waals surface area contributed by atoms with E-state index in [9.17, 15) is 9.90 Å². The molecule has 1 aromatic carbocycles. The summed E-state index contributed by atoms with van der Waals surface area (Å²) in [5.41, 5.74) is 2.25. The Morgan fingerprint density at radius 3 is 2.69 bits per heavy atom. The fourth-order valence-corrected chi connectivity index (χ4v) is 1.84. The number of hydrogen-bond acceptors (Lipinski definition) is 3. The molecule has 16 heavy (non-hydrogen) atoms. The molecule has 0 saturated carbocycles. The van der Waals surface area contributed by atoms with Crippen molar-refractivity contribution in [2.45, 2.75) is 26.7 Å². The Hall–Kier alpha value is -1.22. The molecule has 4 heteroatoms. The van der Waals surface area contributed by atoms with Gasteiger partial charge in [-0.05, 0) is 43.0 Å². The number of carbonyl (C=O) groups is 1. The number of aryl methyl sites for hydroxylation is 1. The van der Waals surface area contributed by atoms with Gasteiger partial charge in [-0.3, -0.25) is 4.79 Å². The van der Waals surface area contributed by atoms with Gasteiger partial charge in [0.05, 0.1) is 7.11 Å². The molecule has 0 aliphatic rings.